The number of rotatable bonds is 4. The Morgan fingerprint density at radius 2 is 2.17 bits per heavy atom. The Morgan fingerprint density at radius 1 is 1.35 bits per heavy atom. The maximum Gasteiger partial charge on any atom is 0.228 e. The van der Waals surface area contributed by atoms with Gasteiger partial charge in [-0.3, -0.25) is 9.78 Å². The van der Waals surface area contributed by atoms with Crippen LogP contribution in [0.3, 0.4) is 0 Å². The number of aryl methyl sites for hydroxylation is 1. The molecule has 1 aromatic carbocycles. The largest absolute Gasteiger partial charge is 0.464 e. The first-order valence-electron chi connectivity index (χ1n) is 7.75. The van der Waals surface area contributed by atoms with Crippen LogP contribution >= 0.6 is 0 Å². The Hall–Kier alpha value is -2.62. The normalized spacial score (nSPS) is 11.1. The maximum atomic E-state index is 12.2. The van der Waals surface area contributed by atoms with E-state index in [0.29, 0.717) is 11.6 Å². The molecular formula is C19H20N2O2. The quantitative estimate of drug-likeness (QED) is 0.775. The number of nitrogens with one attached hydrogen (secondary N) is 1. The third-order valence-electron chi connectivity index (χ3n) is 3.96. The topological polar surface area (TPSA) is 55.1 Å². The predicted octanol–water partition coefficient (Wildman–Crippen LogP) is 4.44. The van der Waals surface area contributed by atoms with Crippen molar-refractivity contribution in [2.45, 2.75) is 33.1 Å². The number of carbonyl (C=O) groups excluding carboxylic acids is 1. The van der Waals surface area contributed by atoms with Crippen LogP contribution in [0.25, 0.3) is 11.0 Å². The molecule has 1 amide bonds. The second kappa shape index (κ2) is 6.24. The van der Waals surface area contributed by atoms with Gasteiger partial charge in [0.05, 0.1) is 24.6 Å². The average molecular weight is 308 g/mol. The van der Waals surface area contributed by atoms with Crippen LogP contribution in [0.4, 0.5) is 5.69 Å². The highest BCUT2D eigenvalue weighted by Gasteiger charge is 2.14. The molecule has 0 atom stereocenters. The molecule has 0 saturated carbocycles. The van der Waals surface area contributed by atoms with Crippen LogP contribution in [-0.2, 0) is 11.2 Å². The molecular weight excluding hydrogens is 288 g/mol. The summed E-state index contributed by atoms with van der Waals surface area (Å²) in [6.45, 7) is 6.43. The minimum absolute atomic E-state index is 0.0765. The fraction of sp³-hybridized carbons (Fsp3) is 0.263. The van der Waals surface area contributed by atoms with Gasteiger partial charge in [0, 0.05) is 17.1 Å². The SMILES string of the molecule is Cc1cc2occ(CC(=O)Nc3cccnc3)c2cc1C(C)C. The molecule has 3 aromatic rings. The van der Waals surface area contributed by atoms with Crippen molar-refractivity contribution in [2.75, 3.05) is 5.32 Å². The van der Waals surface area contributed by atoms with Gasteiger partial charge in [0.25, 0.3) is 0 Å². The molecule has 4 nitrogen and oxygen atoms in total. The van der Waals surface area contributed by atoms with E-state index in [4.69, 9.17) is 4.42 Å². The van der Waals surface area contributed by atoms with E-state index in [1.54, 1.807) is 24.7 Å². The van der Waals surface area contributed by atoms with Crippen molar-refractivity contribution in [3.05, 3.63) is 59.6 Å². The fourth-order valence-corrected chi connectivity index (χ4v) is 2.82. The summed E-state index contributed by atoms with van der Waals surface area (Å²) in [6.07, 6.45) is 5.26. The molecule has 118 valence electrons. The van der Waals surface area contributed by atoms with Gasteiger partial charge >= 0.3 is 0 Å². The zero-order valence-corrected chi connectivity index (χ0v) is 13.6. The molecule has 0 bridgehead atoms. The number of anilines is 1. The average Bonchev–Trinajstić information content (AvgIpc) is 2.89. The molecule has 1 N–H and O–H groups in total. The predicted molar refractivity (Wildman–Crippen MR) is 91.6 cm³/mol. The number of hydrogen-bond acceptors (Lipinski definition) is 3. The van der Waals surface area contributed by atoms with Gasteiger partial charge in [0.2, 0.25) is 5.91 Å². The third-order valence-corrected chi connectivity index (χ3v) is 3.96. The van der Waals surface area contributed by atoms with E-state index in [9.17, 15) is 4.79 Å². The number of fused-ring (bicyclic) bond motifs is 1. The van der Waals surface area contributed by atoms with E-state index in [1.165, 1.54) is 11.1 Å². The Labute approximate surface area is 135 Å². The van der Waals surface area contributed by atoms with Gasteiger partial charge in [-0.15, -0.1) is 0 Å². The van der Waals surface area contributed by atoms with Crippen LogP contribution in [0.15, 0.2) is 47.3 Å². The van der Waals surface area contributed by atoms with Crippen molar-refractivity contribution < 1.29 is 9.21 Å². The third kappa shape index (κ3) is 3.26. The lowest BCUT2D eigenvalue weighted by Crippen LogP contribution is -2.14. The summed E-state index contributed by atoms with van der Waals surface area (Å²) in [5.74, 6) is 0.360. The molecule has 0 aliphatic carbocycles. The number of hydrogen-bond donors (Lipinski definition) is 1. The van der Waals surface area contributed by atoms with E-state index < -0.39 is 0 Å². The van der Waals surface area contributed by atoms with E-state index in [1.807, 2.05) is 12.1 Å². The number of amides is 1. The van der Waals surface area contributed by atoms with Crippen LogP contribution in [0.2, 0.25) is 0 Å². The van der Waals surface area contributed by atoms with Crippen LogP contribution in [-0.4, -0.2) is 10.9 Å². The van der Waals surface area contributed by atoms with Crippen molar-refractivity contribution in [1.82, 2.24) is 4.98 Å². The first kappa shape index (κ1) is 15.3. The highest BCUT2D eigenvalue weighted by Crippen LogP contribution is 2.29. The second-order valence-electron chi connectivity index (χ2n) is 6.09. The molecule has 0 spiro atoms. The molecule has 2 aromatic heterocycles. The summed E-state index contributed by atoms with van der Waals surface area (Å²) in [5, 5.41) is 3.87. The van der Waals surface area contributed by atoms with Crippen molar-refractivity contribution in [1.29, 1.82) is 0 Å². The molecule has 4 heteroatoms. The van der Waals surface area contributed by atoms with Gasteiger partial charge < -0.3 is 9.73 Å². The minimum atomic E-state index is -0.0765. The lowest BCUT2D eigenvalue weighted by Gasteiger charge is -2.10. The van der Waals surface area contributed by atoms with Crippen molar-refractivity contribution in [3.63, 3.8) is 0 Å². The van der Waals surface area contributed by atoms with Crippen LogP contribution < -0.4 is 5.32 Å². The maximum absolute atomic E-state index is 12.2. The number of benzene rings is 1. The zero-order valence-electron chi connectivity index (χ0n) is 13.6. The highest BCUT2D eigenvalue weighted by atomic mass is 16.3. The van der Waals surface area contributed by atoms with E-state index >= 15 is 0 Å². The monoisotopic (exact) mass is 308 g/mol. The van der Waals surface area contributed by atoms with Crippen molar-refractivity contribution in [3.8, 4) is 0 Å². The summed E-state index contributed by atoms with van der Waals surface area (Å²) >= 11 is 0. The van der Waals surface area contributed by atoms with E-state index in [0.717, 1.165) is 16.5 Å². The molecule has 2 heterocycles. The summed E-state index contributed by atoms with van der Waals surface area (Å²) < 4.78 is 5.62. The Morgan fingerprint density at radius 3 is 2.87 bits per heavy atom. The molecule has 0 unspecified atom stereocenters. The number of aromatic nitrogens is 1. The Balaban J connectivity index is 1.85. The number of furan rings is 1. The summed E-state index contributed by atoms with van der Waals surface area (Å²) in [6, 6.07) is 7.80. The molecule has 0 radical (unpaired) electrons. The van der Waals surface area contributed by atoms with Crippen molar-refractivity contribution >= 4 is 22.6 Å². The molecule has 3 rings (SSSR count). The zero-order chi connectivity index (χ0) is 16.4. The lowest BCUT2D eigenvalue weighted by atomic mass is 9.95. The Bertz CT molecular complexity index is 835. The fourth-order valence-electron chi connectivity index (χ4n) is 2.82. The van der Waals surface area contributed by atoms with Gasteiger partial charge in [0.1, 0.15) is 5.58 Å². The van der Waals surface area contributed by atoms with Gasteiger partial charge in [-0.05, 0) is 48.2 Å². The summed E-state index contributed by atoms with van der Waals surface area (Å²) in [5.41, 5.74) is 4.93. The Kier molecular flexibility index (Phi) is 4.15. The van der Waals surface area contributed by atoms with Crippen LogP contribution in [0.5, 0.6) is 0 Å². The summed E-state index contributed by atoms with van der Waals surface area (Å²) in [7, 11) is 0. The second-order valence-corrected chi connectivity index (χ2v) is 6.09. The molecule has 0 fully saturated rings. The number of pyridine rings is 1. The van der Waals surface area contributed by atoms with Gasteiger partial charge in [-0.1, -0.05) is 13.8 Å². The number of carbonyl (C=O) groups is 1. The van der Waals surface area contributed by atoms with Gasteiger partial charge in [0.15, 0.2) is 0 Å². The first-order valence-corrected chi connectivity index (χ1v) is 7.75. The minimum Gasteiger partial charge on any atom is -0.464 e. The lowest BCUT2D eigenvalue weighted by molar-refractivity contribution is -0.115. The van der Waals surface area contributed by atoms with E-state index in [-0.39, 0.29) is 12.3 Å². The highest BCUT2D eigenvalue weighted by molar-refractivity contribution is 5.95. The molecule has 0 aliphatic rings. The van der Waals surface area contributed by atoms with Gasteiger partial charge in [-0.2, -0.15) is 0 Å². The molecule has 0 aliphatic heterocycles. The van der Waals surface area contributed by atoms with Crippen LogP contribution in [0, 0.1) is 6.92 Å². The molecule has 23 heavy (non-hydrogen) atoms. The van der Waals surface area contributed by atoms with E-state index in [2.05, 4.69) is 37.1 Å². The van der Waals surface area contributed by atoms with Crippen LogP contribution in [0.1, 0.15) is 36.5 Å². The summed E-state index contributed by atoms with van der Waals surface area (Å²) in [4.78, 5) is 16.2. The van der Waals surface area contributed by atoms with Gasteiger partial charge in [-0.25, -0.2) is 0 Å². The molecule has 0 saturated heterocycles. The van der Waals surface area contributed by atoms with Crippen molar-refractivity contribution in [2.24, 2.45) is 0 Å². The number of nitrogens with zero attached hydrogens (tertiary/aromatic N) is 1. The standard InChI is InChI=1S/C19H20N2O2/c1-12(2)16-9-17-14(11-23-18(17)7-13(16)3)8-19(22)21-15-5-4-6-20-10-15/h4-7,9-12H,8H2,1-3H3,(H,21,22). The first-order chi connectivity index (χ1) is 11.0. The smallest absolute Gasteiger partial charge is 0.228 e.